The highest BCUT2D eigenvalue weighted by molar-refractivity contribution is 9.10. The van der Waals surface area contributed by atoms with Crippen LogP contribution in [0.1, 0.15) is 29.7 Å². The lowest BCUT2D eigenvalue weighted by Gasteiger charge is -2.40. The first-order valence-corrected chi connectivity index (χ1v) is 12.9. The van der Waals surface area contributed by atoms with Gasteiger partial charge in [0.15, 0.2) is 5.43 Å². The van der Waals surface area contributed by atoms with E-state index in [-0.39, 0.29) is 5.43 Å². The summed E-state index contributed by atoms with van der Waals surface area (Å²) in [4.78, 5) is 27.1. The van der Waals surface area contributed by atoms with E-state index in [1.165, 1.54) is 5.56 Å². The normalized spacial score (nSPS) is 16.2. The van der Waals surface area contributed by atoms with Crippen molar-refractivity contribution < 1.29 is 0 Å². The highest BCUT2D eigenvalue weighted by Crippen LogP contribution is 2.25. The van der Waals surface area contributed by atoms with E-state index in [0.29, 0.717) is 12.6 Å². The largest absolute Gasteiger partial charge is 0.369 e. The monoisotopic (exact) mass is 531 g/mol. The van der Waals surface area contributed by atoms with E-state index >= 15 is 0 Å². The number of piperidine rings is 1. The SMILES string of the molecule is Cc1cc(CN(Cc2cn(C)c3cc(Br)ccc3c2=O)[C@H]2CCCN(c3cccnc3)C2)ccn1. The lowest BCUT2D eigenvalue weighted by molar-refractivity contribution is 0.158. The number of fused-ring (bicyclic) bond motifs is 1. The van der Waals surface area contributed by atoms with E-state index in [2.05, 4.69) is 58.5 Å². The van der Waals surface area contributed by atoms with Crippen molar-refractivity contribution in [3.8, 4) is 0 Å². The third kappa shape index (κ3) is 5.31. The van der Waals surface area contributed by atoms with Crippen LogP contribution >= 0.6 is 15.9 Å². The molecule has 6 nitrogen and oxygen atoms in total. The molecule has 1 fully saturated rings. The molecule has 1 aromatic carbocycles. The average Bonchev–Trinajstić information content (AvgIpc) is 2.87. The topological polar surface area (TPSA) is 54.3 Å². The van der Waals surface area contributed by atoms with Crippen LogP contribution in [0.15, 0.2) is 76.5 Å². The van der Waals surface area contributed by atoms with Crippen LogP contribution in [0, 0.1) is 6.92 Å². The fourth-order valence-electron chi connectivity index (χ4n) is 5.13. The average molecular weight is 532 g/mol. The Bertz CT molecular complexity index is 1390. The van der Waals surface area contributed by atoms with E-state index in [4.69, 9.17) is 0 Å². The smallest absolute Gasteiger partial charge is 0.193 e. The van der Waals surface area contributed by atoms with E-state index in [0.717, 1.165) is 64.8 Å². The molecule has 35 heavy (non-hydrogen) atoms. The van der Waals surface area contributed by atoms with Crippen LogP contribution in [0.3, 0.4) is 0 Å². The molecule has 0 radical (unpaired) electrons. The number of aryl methyl sites for hydroxylation is 2. The molecule has 0 N–H and O–H groups in total. The number of hydrogen-bond acceptors (Lipinski definition) is 5. The van der Waals surface area contributed by atoms with Gasteiger partial charge in [0.05, 0.1) is 17.4 Å². The minimum absolute atomic E-state index is 0.112. The number of pyridine rings is 3. The highest BCUT2D eigenvalue weighted by atomic mass is 79.9. The zero-order valence-corrected chi connectivity index (χ0v) is 21.8. The Labute approximate surface area is 214 Å². The molecular weight excluding hydrogens is 502 g/mol. The van der Waals surface area contributed by atoms with Crippen LogP contribution in [0.4, 0.5) is 5.69 Å². The van der Waals surface area contributed by atoms with Gasteiger partial charge < -0.3 is 9.47 Å². The van der Waals surface area contributed by atoms with E-state index in [1.54, 1.807) is 0 Å². The molecule has 3 aromatic heterocycles. The number of aromatic nitrogens is 3. The zero-order valence-electron chi connectivity index (χ0n) is 20.2. The van der Waals surface area contributed by atoms with Gasteiger partial charge in [-0.25, -0.2) is 0 Å². The second kappa shape index (κ2) is 10.3. The predicted molar refractivity (Wildman–Crippen MR) is 145 cm³/mol. The standard InChI is InChI=1S/C28H30BrN5O/c1-20-13-21(9-11-31-20)16-34(25-6-4-12-33(19-25)24-5-3-10-30-15-24)18-22-17-32(2)27-14-23(29)7-8-26(27)28(22)35/h3,5,7-11,13-15,17,25H,4,6,12,16,18-19H2,1-2H3/t25-/m0/s1. The molecule has 7 heteroatoms. The van der Waals surface area contributed by atoms with Crippen LogP contribution < -0.4 is 10.3 Å². The molecule has 180 valence electrons. The lowest BCUT2D eigenvalue weighted by Crippen LogP contribution is -2.48. The van der Waals surface area contributed by atoms with Crippen molar-refractivity contribution in [3.63, 3.8) is 0 Å². The summed E-state index contributed by atoms with van der Waals surface area (Å²) in [6.07, 6.45) is 9.84. The third-order valence-corrected chi connectivity index (χ3v) is 7.36. The Morgan fingerprint density at radius 3 is 2.83 bits per heavy atom. The van der Waals surface area contributed by atoms with Gasteiger partial charge in [-0.2, -0.15) is 0 Å². The Morgan fingerprint density at radius 2 is 2.03 bits per heavy atom. The van der Waals surface area contributed by atoms with Crippen molar-refractivity contribution in [3.05, 3.63) is 98.8 Å². The number of halogens is 1. The Kier molecular flexibility index (Phi) is 6.97. The number of benzene rings is 1. The summed E-state index contributed by atoms with van der Waals surface area (Å²) in [5.74, 6) is 0. The summed E-state index contributed by atoms with van der Waals surface area (Å²) >= 11 is 3.53. The Balaban J connectivity index is 1.49. The Hall–Kier alpha value is -3.03. The van der Waals surface area contributed by atoms with Crippen molar-refractivity contribution in [1.29, 1.82) is 0 Å². The van der Waals surface area contributed by atoms with Crippen molar-refractivity contribution in [2.24, 2.45) is 7.05 Å². The molecule has 1 aliphatic rings. The molecule has 1 aliphatic heterocycles. The first kappa shape index (κ1) is 23.7. The fourth-order valence-corrected chi connectivity index (χ4v) is 5.48. The molecule has 0 bridgehead atoms. The lowest BCUT2D eigenvalue weighted by atomic mass is 10.0. The second-order valence-electron chi connectivity index (χ2n) is 9.42. The second-order valence-corrected chi connectivity index (χ2v) is 10.3. The van der Waals surface area contributed by atoms with Gasteiger partial charge in [-0.05, 0) is 67.8 Å². The van der Waals surface area contributed by atoms with Gasteiger partial charge in [0.2, 0.25) is 0 Å². The molecule has 4 aromatic rings. The van der Waals surface area contributed by atoms with Crippen molar-refractivity contribution in [1.82, 2.24) is 19.4 Å². The van der Waals surface area contributed by atoms with Crippen LogP contribution in [0.5, 0.6) is 0 Å². The quantitative estimate of drug-likeness (QED) is 0.347. The maximum Gasteiger partial charge on any atom is 0.193 e. The number of nitrogens with zero attached hydrogens (tertiary/aromatic N) is 5. The van der Waals surface area contributed by atoms with Crippen molar-refractivity contribution in [2.75, 3.05) is 18.0 Å². The van der Waals surface area contributed by atoms with Crippen LogP contribution in [0.25, 0.3) is 10.9 Å². The summed E-state index contributed by atoms with van der Waals surface area (Å²) in [7, 11) is 2.01. The van der Waals surface area contributed by atoms with Gasteiger partial charge in [-0.3, -0.25) is 19.7 Å². The van der Waals surface area contributed by atoms with Gasteiger partial charge in [0, 0.05) is 79.0 Å². The summed E-state index contributed by atoms with van der Waals surface area (Å²) < 4.78 is 3.04. The number of hydrogen-bond donors (Lipinski definition) is 0. The molecular formula is C28H30BrN5O. The maximum atomic E-state index is 13.5. The summed E-state index contributed by atoms with van der Waals surface area (Å²) in [6.45, 7) is 5.34. The first-order valence-electron chi connectivity index (χ1n) is 12.1. The summed E-state index contributed by atoms with van der Waals surface area (Å²) in [6, 6.07) is 14.5. The van der Waals surface area contributed by atoms with Crippen molar-refractivity contribution >= 4 is 32.5 Å². The molecule has 1 atom stereocenters. The predicted octanol–water partition coefficient (Wildman–Crippen LogP) is 5.07. The minimum Gasteiger partial charge on any atom is -0.369 e. The fraction of sp³-hybridized carbons (Fsp3) is 0.321. The third-order valence-electron chi connectivity index (χ3n) is 6.87. The van der Waals surface area contributed by atoms with Gasteiger partial charge >= 0.3 is 0 Å². The number of rotatable bonds is 6. The van der Waals surface area contributed by atoms with E-state index < -0.39 is 0 Å². The molecule has 0 saturated carbocycles. The molecule has 5 rings (SSSR count). The highest BCUT2D eigenvalue weighted by Gasteiger charge is 2.27. The zero-order chi connectivity index (χ0) is 24.4. The van der Waals surface area contributed by atoms with Crippen LogP contribution in [0.2, 0.25) is 0 Å². The van der Waals surface area contributed by atoms with Crippen molar-refractivity contribution in [2.45, 2.75) is 38.9 Å². The van der Waals surface area contributed by atoms with Gasteiger partial charge in [-0.15, -0.1) is 0 Å². The van der Waals surface area contributed by atoms with Crippen LogP contribution in [-0.4, -0.2) is 38.6 Å². The molecule has 0 aliphatic carbocycles. The molecule has 0 amide bonds. The number of anilines is 1. The van der Waals surface area contributed by atoms with Crippen LogP contribution in [-0.2, 0) is 20.1 Å². The molecule has 0 spiro atoms. The minimum atomic E-state index is 0.112. The van der Waals surface area contributed by atoms with Gasteiger partial charge in [-0.1, -0.05) is 15.9 Å². The molecule has 1 saturated heterocycles. The summed E-state index contributed by atoms with van der Waals surface area (Å²) in [5.41, 5.74) is 5.26. The Morgan fingerprint density at radius 1 is 1.14 bits per heavy atom. The maximum absolute atomic E-state index is 13.5. The van der Waals surface area contributed by atoms with Gasteiger partial charge in [0.25, 0.3) is 0 Å². The summed E-state index contributed by atoms with van der Waals surface area (Å²) in [5, 5.41) is 0.758. The first-order chi connectivity index (χ1) is 17.0. The van der Waals surface area contributed by atoms with E-state index in [9.17, 15) is 4.79 Å². The molecule has 0 unspecified atom stereocenters. The van der Waals surface area contributed by atoms with Gasteiger partial charge in [0.1, 0.15) is 0 Å². The van der Waals surface area contributed by atoms with E-state index in [1.807, 2.05) is 63.0 Å². The molecule has 4 heterocycles.